The van der Waals surface area contributed by atoms with Crippen LogP contribution in [0.3, 0.4) is 0 Å². The molecule has 3 heteroatoms. The van der Waals surface area contributed by atoms with Crippen LogP contribution in [0.1, 0.15) is 105 Å². The van der Waals surface area contributed by atoms with Gasteiger partial charge in [0.05, 0.1) is 6.10 Å². The minimum absolute atomic E-state index is 0.0441. The van der Waals surface area contributed by atoms with Gasteiger partial charge in [-0.2, -0.15) is 0 Å². The fraction of sp³-hybridized carbons (Fsp3) is 0.900. The highest BCUT2D eigenvalue weighted by Gasteiger charge is 2.66. The van der Waals surface area contributed by atoms with E-state index in [0.717, 1.165) is 44.1 Å². The molecule has 2 N–H and O–H groups in total. The number of hydrogen-bond acceptors (Lipinski definition) is 3. The van der Waals surface area contributed by atoms with E-state index in [2.05, 4.69) is 34.3 Å². The molecule has 3 nitrogen and oxygen atoms in total. The Morgan fingerprint density at radius 3 is 2.06 bits per heavy atom. The van der Waals surface area contributed by atoms with Gasteiger partial charge >= 0.3 is 0 Å². The minimum atomic E-state index is -0.132. The zero-order chi connectivity index (χ0) is 24.7. The van der Waals surface area contributed by atoms with Gasteiger partial charge in [-0.15, -0.1) is 6.58 Å². The highest BCUT2D eigenvalue weighted by atomic mass is 16.3. The largest absolute Gasteiger partial charge is 0.400 e. The van der Waals surface area contributed by atoms with Crippen LogP contribution in [0.2, 0.25) is 0 Å². The Balaban J connectivity index is 0.000000569. The molecule has 0 saturated heterocycles. The number of carbonyl (C=O) groups excluding carboxylic acids is 1. The zero-order valence-electron chi connectivity index (χ0n) is 22.4. The predicted molar refractivity (Wildman–Crippen MR) is 137 cm³/mol. The first kappa shape index (κ1) is 26.9. The first-order chi connectivity index (χ1) is 15.6. The summed E-state index contributed by atoms with van der Waals surface area (Å²) in [7, 11) is 1.00. The van der Waals surface area contributed by atoms with Gasteiger partial charge in [-0.3, -0.25) is 0 Å². The Hall–Kier alpha value is -0.670. The summed E-state index contributed by atoms with van der Waals surface area (Å²) in [6, 6.07) is 0. The highest BCUT2D eigenvalue weighted by Crippen LogP contribution is 2.72. The van der Waals surface area contributed by atoms with Gasteiger partial charge in [0, 0.05) is 12.5 Å². The van der Waals surface area contributed by atoms with Crippen molar-refractivity contribution >= 4 is 6.29 Å². The Bertz CT molecular complexity index is 701. The van der Waals surface area contributed by atoms with Crippen LogP contribution in [0.5, 0.6) is 0 Å². The average Bonchev–Trinajstić information content (AvgIpc) is 3.23. The molecule has 0 aromatic carbocycles. The summed E-state index contributed by atoms with van der Waals surface area (Å²) in [5.41, 5.74) is 0.929. The van der Waals surface area contributed by atoms with Gasteiger partial charge in [-0.05, 0) is 117 Å². The number of aldehydes is 1. The van der Waals surface area contributed by atoms with Gasteiger partial charge < -0.3 is 15.0 Å². The van der Waals surface area contributed by atoms with Gasteiger partial charge in [0.15, 0.2) is 0 Å². The number of carbonyl (C=O) groups is 1. The van der Waals surface area contributed by atoms with Crippen molar-refractivity contribution in [1.29, 1.82) is 0 Å². The van der Waals surface area contributed by atoms with Crippen molar-refractivity contribution in [2.24, 2.45) is 51.2 Å². The molecule has 0 spiro atoms. The second kappa shape index (κ2) is 9.76. The molecule has 9 unspecified atom stereocenters. The Kier molecular flexibility index (Phi) is 7.97. The third-order valence-corrected chi connectivity index (χ3v) is 11.8. The molecule has 5 aliphatic carbocycles. The molecule has 0 bridgehead atoms. The maximum Gasteiger partial charge on any atom is 0.126 e. The Labute approximate surface area is 203 Å². The molecule has 190 valence electrons. The number of aliphatic hydroxyl groups is 2. The highest BCUT2D eigenvalue weighted by molar-refractivity contribution is 5.61. The van der Waals surface area contributed by atoms with E-state index in [4.69, 9.17) is 5.11 Å². The molecule has 5 saturated carbocycles. The monoisotopic (exact) mass is 460 g/mol. The molecule has 33 heavy (non-hydrogen) atoms. The van der Waals surface area contributed by atoms with E-state index >= 15 is 0 Å². The van der Waals surface area contributed by atoms with E-state index < -0.39 is 0 Å². The first-order valence-corrected chi connectivity index (χ1v) is 13.8. The smallest absolute Gasteiger partial charge is 0.126 e. The van der Waals surface area contributed by atoms with Gasteiger partial charge in [-0.25, -0.2) is 0 Å². The summed E-state index contributed by atoms with van der Waals surface area (Å²) in [4.78, 5) is 12.1. The van der Waals surface area contributed by atoms with Crippen molar-refractivity contribution in [3.05, 3.63) is 12.7 Å². The average molecular weight is 461 g/mol. The molecule has 0 aromatic rings. The Morgan fingerprint density at radius 2 is 1.42 bits per heavy atom. The summed E-state index contributed by atoms with van der Waals surface area (Å²) in [5, 5.41) is 17.8. The molecule has 5 aliphatic rings. The standard InChI is InChI=1S/C26H42O2.C3H6.CH4O/c1-23(2)20-10-13-24(3)18-9-15-26(16-27)12-5-6-19(26)17(18)7-8-21(24)25(20,4)14-11-22(23)28;1-3-2;1-2/h16-22,28H,5-15H2,1-4H3;3H,1H2,2H3;2H,1H3. The molecule has 0 aliphatic heterocycles. The maximum atomic E-state index is 12.1. The van der Waals surface area contributed by atoms with Crippen LogP contribution >= 0.6 is 0 Å². The number of hydrogen-bond donors (Lipinski definition) is 2. The maximum absolute atomic E-state index is 12.1. The second-order valence-electron chi connectivity index (χ2n) is 13.2. The number of aliphatic hydroxyl groups excluding tert-OH is 2. The quantitative estimate of drug-likeness (QED) is 0.334. The minimum Gasteiger partial charge on any atom is -0.400 e. The third-order valence-electron chi connectivity index (χ3n) is 11.8. The fourth-order valence-electron chi connectivity index (χ4n) is 10.5. The molecule has 0 aromatic heterocycles. The summed E-state index contributed by atoms with van der Waals surface area (Å²) >= 11 is 0. The molecule has 9 atom stereocenters. The molecule has 0 radical (unpaired) electrons. The second-order valence-corrected chi connectivity index (χ2v) is 13.2. The van der Waals surface area contributed by atoms with Crippen LogP contribution in [0.15, 0.2) is 12.7 Å². The van der Waals surface area contributed by atoms with Gasteiger partial charge in [0.25, 0.3) is 0 Å². The van der Waals surface area contributed by atoms with Gasteiger partial charge in [0.1, 0.15) is 6.29 Å². The molecule has 5 fully saturated rings. The van der Waals surface area contributed by atoms with Crippen LogP contribution in [0.25, 0.3) is 0 Å². The van der Waals surface area contributed by atoms with Crippen molar-refractivity contribution in [1.82, 2.24) is 0 Å². The summed E-state index contributed by atoms with van der Waals surface area (Å²) in [6.07, 6.45) is 16.8. The summed E-state index contributed by atoms with van der Waals surface area (Å²) in [6.45, 7) is 15.2. The topological polar surface area (TPSA) is 57.5 Å². The van der Waals surface area contributed by atoms with Gasteiger partial charge in [0.2, 0.25) is 0 Å². The van der Waals surface area contributed by atoms with Crippen LogP contribution in [-0.2, 0) is 4.79 Å². The predicted octanol–water partition coefficient (Wildman–Crippen LogP) is 6.81. The summed E-state index contributed by atoms with van der Waals surface area (Å²) in [5.74, 6) is 3.76. The van der Waals surface area contributed by atoms with Crippen molar-refractivity contribution in [3.63, 3.8) is 0 Å². The number of rotatable bonds is 1. The zero-order valence-corrected chi connectivity index (χ0v) is 22.4. The van der Waals surface area contributed by atoms with Crippen molar-refractivity contribution in [2.75, 3.05) is 7.11 Å². The van der Waals surface area contributed by atoms with E-state index in [1.54, 1.807) is 6.08 Å². The SMILES string of the molecule is C=CC.CC1(C)C(O)CCC2(C)C1CCC1(C)C3CCC4(C=O)CCCC4C3CCC12.CO. The normalized spacial score (nSPS) is 49.3. The lowest BCUT2D eigenvalue weighted by molar-refractivity contribution is -0.213. The van der Waals surface area contributed by atoms with Gasteiger partial charge in [-0.1, -0.05) is 40.2 Å². The molecular formula is C30H52O3. The van der Waals surface area contributed by atoms with Crippen molar-refractivity contribution in [3.8, 4) is 0 Å². The van der Waals surface area contributed by atoms with Crippen LogP contribution in [0.4, 0.5) is 0 Å². The third kappa shape index (κ3) is 3.98. The van der Waals surface area contributed by atoms with Crippen LogP contribution < -0.4 is 0 Å². The summed E-state index contributed by atoms with van der Waals surface area (Å²) < 4.78 is 0. The number of allylic oxidation sites excluding steroid dienone is 1. The van der Waals surface area contributed by atoms with Crippen LogP contribution in [-0.4, -0.2) is 29.7 Å². The lowest BCUT2D eigenvalue weighted by atomic mass is 9.36. The van der Waals surface area contributed by atoms with E-state index in [1.807, 2.05) is 6.92 Å². The molecule has 0 amide bonds. The van der Waals surface area contributed by atoms with Crippen molar-refractivity contribution in [2.45, 2.75) is 111 Å². The number of fused-ring (bicyclic) bond motifs is 7. The fourth-order valence-corrected chi connectivity index (χ4v) is 10.5. The lowest BCUT2D eigenvalue weighted by Gasteiger charge is -2.69. The van der Waals surface area contributed by atoms with Crippen molar-refractivity contribution < 1.29 is 15.0 Å². The lowest BCUT2D eigenvalue weighted by Crippen LogP contribution is -2.63. The van der Waals surface area contributed by atoms with Crippen LogP contribution in [0, 0.1) is 51.2 Å². The molecule has 0 heterocycles. The van der Waals surface area contributed by atoms with E-state index in [0.29, 0.717) is 22.7 Å². The van der Waals surface area contributed by atoms with E-state index in [-0.39, 0.29) is 16.9 Å². The molecular weight excluding hydrogens is 408 g/mol. The van der Waals surface area contributed by atoms with E-state index in [9.17, 15) is 9.90 Å². The van der Waals surface area contributed by atoms with E-state index in [1.165, 1.54) is 57.7 Å². The Morgan fingerprint density at radius 1 is 0.788 bits per heavy atom. The first-order valence-electron chi connectivity index (χ1n) is 13.8. The molecule has 5 rings (SSSR count).